The van der Waals surface area contributed by atoms with E-state index in [4.69, 9.17) is 4.74 Å². The van der Waals surface area contributed by atoms with E-state index in [-0.39, 0.29) is 12.1 Å². The standard InChI is InChI=1S/C16H24BrN3O2S/c1-11-2-4-12(5-3-11)20(13-6-8-22-9-7-13)16(21)19-15-18-10-14(17)23-15/h10-13H,2-9H2,1H3,(H,18,19,21). The van der Waals surface area contributed by atoms with Gasteiger partial charge in [-0.05, 0) is 60.4 Å². The van der Waals surface area contributed by atoms with Crippen LogP contribution in [0.4, 0.5) is 9.93 Å². The summed E-state index contributed by atoms with van der Waals surface area (Å²) in [5.41, 5.74) is 0. The lowest BCUT2D eigenvalue weighted by Crippen LogP contribution is -2.52. The molecule has 1 N–H and O–H groups in total. The molecule has 1 saturated heterocycles. The monoisotopic (exact) mass is 401 g/mol. The van der Waals surface area contributed by atoms with Crippen LogP contribution in [0, 0.1) is 5.92 Å². The highest BCUT2D eigenvalue weighted by atomic mass is 79.9. The van der Waals surface area contributed by atoms with Gasteiger partial charge < -0.3 is 9.64 Å². The third kappa shape index (κ3) is 4.45. The topological polar surface area (TPSA) is 54.5 Å². The summed E-state index contributed by atoms with van der Waals surface area (Å²) >= 11 is 4.84. The Hall–Kier alpha value is -0.660. The van der Waals surface area contributed by atoms with Crippen LogP contribution in [-0.2, 0) is 4.74 Å². The maximum absolute atomic E-state index is 12.9. The van der Waals surface area contributed by atoms with E-state index in [1.165, 1.54) is 24.2 Å². The molecule has 0 atom stereocenters. The molecule has 1 aromatic heterocycles. The van der Waals surface area contributed by atoms with Gasteiger partial charge in [-0.25, -0.2) is 9.78 Å². The van der Waals surface area contributed by atoms with Crippen LogP contribution in [-0.4, -0.2) is 41.2 Å². The highest BCUT2D eigenvalue weighted by Crippen LogP contribution is 2.31. The summed E-state index contributed by atoms with van der Waals surface area (Å²) in [6.07, 6.45) is 8.21. The van der Waals surface area contributed by atoms with Gasteiger partial charge in [0.2, 0.25) is 0 Å². The number of hydrogen-bond acceptors (Lipinski definition) is 4. The van der Waals surface area contributed by atoms with Crippen molar-refractivity contribution < 1.29 is 9.53 Å². The zero-order valence-electron chi connectivity index (χ0n) is 13.5. The molecule has 1 aliphatic carbocycles. The van der Waals surface area contributed by atoms with Crippen molar-refractivity contribution >= 4 is 38.4 Å². The molecule has 0 radical (unpaired) electrons. The summed E-state index contributed by atoms with van der Waals surface area (Å²) < 4.78 is 6.41. The van der Waals surface area contributed by atoms with Gasteiger partial charge in [-0.15, -0.1) is 0 Å². The molecule has 1 aliphatic heterocycles. The van der Waals surface area contributed by atoms with Crippen LogP contribution < -0.4 is 5.32 Å². The Morgan fingerprint density at radius 2 is 1.91 bits per heavy atom. The van der Waals surface area contributed by atoms with Crippen molar-refractivity contribution in [3.63, 3.8) is 0 Å². The highest BCUT2D eigenvalue weighted by Gasteiger charge is 2.34. The van der Waals surface area contributed by atoms with Crippen LogP contribution in [0.2, 0.25) is 0 Å². The number of carbonyl (C=O) groups is 1. The van der Waals surface area contributed by atoms with Crippen LogP contribution in [0.1, 0.15) is 45.4 Å². The van der Waals surface area contributed by atoms with Crippen molar-refractivity contribution in [2.75, 3.05) is 18.5 Å². The largest absolute Gasteiger partial charge is 0.381 e. The zero-order valence-corrected chi connectivity index (χ0v) is 15.9. The molecular weight excluding hydrogens is 378 g/mol. The fourth-order valence-electron chi connectivity index (χ4n) is 3.58. The average molecular weight is 402 g/mol. The maximum atomic E-state index is 12.9. The van der Waals surface area contributed by atoms with Gasteiger partial charge in [0.15, 0.2) is 5.13 Å². The van der Waals surface area contributed by atoms with Crippen molar-refractivity contribution in [3.8, 4) is 0 Å². The van der Waals surface area contributed by atoms with Crippen molar-refractivity contribution in [2.45, 2.75) is 57.5 Å². The minimum atomic E-state index is -0.00157. The van der Waals surface area contributed by atoms with Gasteiger partial charge in [0.05, 0.1) is 9.98 Å². The molecule has 0 spiro atoms. The lowest BCUT2D eigenvalue weighted by Gasteiger charge is -2.42. The van der Waals surface area contributed by atoms with E-state index in [2.05, 4.69) is 38.1 Å². The number of amides is 2. The van der Waals surface area contributed by atoms with Crippen LogP contribution >= 0.6 is 27.3 Å². The predicted molar refractivity (Wildman–Crippen MR) is 95.9 cm³/mol. The molecule has 7 heteroatoms. The summed E-state index contributed by atoms with van der Waals surface area (Å²) in [4.78, 5) is 19.3. The Kier molecular flexibility index (Phi) is 5.93. The number of thiazole rings is 1. The van der Waals surface area contributed by atoms with Crippen LogP contribution in [0.5, 0.6) is 0 Å². The lowest BCUT2D eigenvalue weighted by molar-refractivity contribution is 0.0279. The van der Waals surface area contributed by atoms with Crippen LogP contribution in [0.15, 0.2) is 9.98 Å². The number of urea groups is 1. The van der Waals surface area contributed by atoms with E-state index in [1.807, 2.05) is 0 Å². The molecule has 128 valence electrons. The third-order valence-corrected chi connectivity index (χ3v) is 6.28. The minimum absolute atomic E-state index is 0.00157. The number of nitrogens with zero attached hydrogens (tertiary/aromatic N) is 2. The summed E-state index contributed by atoms with van der Waals surface area (Å²) in [6, 6.07) is 0.626. The first-order chi connectivity index (χ1) is 11.1. The molecule has 1 saturated carbocycles. The van der Waals surface area contributed by atoms with Gasteiger partial charge in [-0.1, -0.05) is 18.3 Å². The Morgan fingerprint density at radius 3 is 2.52 bits per heavy atom. The normalized spacial score (nSPS) is 26.0. The quantitative estimate of drug-likeness (QED) is 0.810. The summed E-state index contributed by atoms with van der Waals surface area (Å²) in [7, 11) is 0. The number of ether oxygens (including phenoxy) is 1. The number of halogens is 1. The van der Waals surface area contributed by atoms with Gasteiger partial charge in [0.25, 0.3) is 0 Å². The fourth-order valence-corrected chi connectivity index (χ4v) is 4.68. The van der Waals surface area contributed by atoms with Gasteiger partial charge >= 0.3 is 6.03 Å². The second kappa shape index (κ2) is 7.94. The van der Waals surface area contributed by atoms with Crippen molar-refractivity contribution in [3.05, 3.63) is 9.98 Å². The average Bonchev–Trinajstić information content (AvgIpc) is 2.95. The number of rotatable bonds is 3. The van der Waals surface area contributed by atoms with Crippen molar-refractivity contribution in [1.82, 2.24) is 9.88 Å². The SMILES string of the molecule is CC1CCC(N(C(=O)Nc2ncc(Br)s2)C2CCOCC2)CC1. The van der Waals surface area contributed by atoms with Crippen molar-refractivity contribution in [1.29, 1.82) is 0 Å². The first-order valence-electron chi connectivity index (χ1n) is 8.42. The Morgan fingerprint density at radius 1 is 1.26 bits per heavy atom. The number of anilines is 1. The molecular formula is C16H24BrN3O2S. The van der Waals surface area contributed by atoms with Crippen molar-refractivity contribution in [2.24, 2.45) is 5.92 Å². The van der Waals surface area contributed by atoms with E-state index in [0.29, 0.717) is 11.2 Å². The molecule has 5 nitrogen and oxygen atoms in total. The summed E-state index contributed by atoms with van der Waals surface area (Å²) in [6.45, 7) is 3.81. The van der Waals surface area contributed by atoms with Crippen LogP contribution in [0.25, 0.3) is 0 Å². The molecule has 2 fully saturated rings. The number of nitrogens with one attached hydrogen (secondary N) is 1. The molecule has 2 heterocycles. The summed E-state index contributed by atoms with van der Waals surface area (Å²) in [5.74, 6) is 0.778. The second-order valence-corrected chi connectivity index (χ2v) is 8.97. The first kappa shape index (κ1) is 17.2. The van der Waals surface area contributed by atoms with Gasteiger partial charge in [-0.2, -0.15) is 0 Å². The van der Waals surface area contributed by atoms with E-state index >= 15 is 0 Å². The zero-order chi connectivity index (χ0) is 16.2. The predicted octanol–water partition coefficient (Wildman–Crippen LogP) is 4.50. The Labute approximate surface area is 149 Å². The van der Waals surface area contributed by atoms with E-state index < -0.39 is 0 Å². The Bertz CT molecular complexity index is 525. The second-order valence-electron chi connectivity index (χ2n) is 6.56. The Balaban J connectivity index is 1.71. The number of aromatic nitrogens is 1. The lowest BCUT2D eigenvalue weighted by atomic mass is 9.85. The van der Waals surface area contributed by atoms with E-state index in [0.717, 1.165) is 48.6 Å². The van der Waals surface area contributed by atoms with Gasteiger partial charge in [0.1, 0.15) is 0 Å². The van der Waals surface area contributed by atoms with Gasteiger partial charge in [0, 0.05) is 25.3 Å². The molecule has 0 unspecified atom stereocenters. The van der Waals surface area contributed by atoms with E-state index in [1.54, 1.807) is 6.20 Å². The fraction of sp³-hybridized carbons (Fsp3) is 0.750. The molecule has 2 amide bonds. The number of carbonyl (C=O) groups excluding carboxylic acids is 1. The van der Waals surface area contributed by atoms with Gasteiger partial charge in [-0.3, -0.25) is 5.32 Å². The molecule has 2 aliphatic rings. The summed E-state index contributed by atoms with van der Waals surface area (Å²) in [5, 5.41) is 3.65. The highest BCUT2D eigenvalue weighted by molar-refractivity contribution is 9.11. The van der Waals surface area contributed by atoms with E-state index in [9.17, 15) is 4.79 Å². The minimum Gasteiger partial charge on any atom is -0.381 e. The maximum Gasteiger partial charge on any atom is 0.324 e. The smallest absolute Gasteiger partial charge is 0.324 e. The first-order valence-corrected chi connectivity index (χ1v) is 10.0. The number of hydrogen-bond donors (Lipinski definition) is 1. The molecule has 0 bridgehead atoms. The van der Waals surface area contributed by atoms with Crippen LogP contribution in [0.3, 0.4) is 0 Å². The molecule has 0 aromatic carbocycles. The molecule has 23 heavy (non-hydrogen) atoms. The molecule has 1 aromatic rings. The molecule has 3 rings (SSSR count). The third-order valence-electron chi connectivity index (χ3n) is 4.89.